The van der Waals surface area contributed by atoms with Crippen molar-refractivity contribution < 1.29 is 19.1 Å². The minimum atomic E-state index is -1.10. The minimum absolute atomic E-state index is 0.136. The van der Waals surface area contributed by atoms with Crippen LogP contribution in [0.4, 0.5) is 0 Å². The summed E-state index contributed by atoms with van der Waals surface area (Å²) >= 11 is 0. The van der Waals surface area contributed by atoms with Crippen LogP contribution in [0.2, 0.25) is 0 Å². The maximum atomic E-state index is 13.3. The van der Waals surface area contributed by atoms with Crippen LogP contribution in [0.5, 0.6) is 0 Å². The molecular weight excluding hydrogens is 484 g/mol. The summed E-state index contributed by atoms with van der Waals surface area (Å²) in [4.78, 5) is 44.4. The van der Waals surface area contributed by atoms with Crippen LogP contribution in [-0.4, -0.2) is 68.6 Å². The summed E-state index contributed by atoms with van der Waals surface area (Å²) in [5, 5.41) is 7.40. The summed E-state index contributed by atoms with van der Waals surface area (Å²) in [7, 11) is 0. The Balaban J connectivity index is 1.33. The Labute approximate surface area is 221 Å². The van der Waals surface area contributed by atoms with Crippen LogP contribution in [0.1, 0.15) is 47.3 Å². The van der Waals surface area contributed by atoms with Gasteiger partial charge in [-0.05, 0) is 36.6 Å². The summed E-state index contributed by atoms with van der Waals surface area (Å²) in [6.45, 7) is 2.28. The van der Waals surface area contributed by atoms with Crippen LogP contribution < -0.4 is 11.1 Å². The highest BCUT2D eigenvalue weighted by Crippen LogP contribution is 2.29. The number of nitrogens with two attached hydrogens (primary N) is 1. The molecule has 1 saturated heterocycles. The molecule has 0 radical (unpaired) electrons. The molecule has 5 rings (SSSR count). The zero-order valence-electron chi connectivity index (χ0n) is 21.2. The summed E-state index contributed by atoms with van der Waals surface area (Å²) in [6, 6.07) is 13.6. The zero-order valence-corrected chi connectivity index (χ0v) is 21.2. The lowest BCUT2D eigenvalue weighted by atomic mass is 9.90. The first-order valence-corrected chi connectivity index (χ1v) is 13.0. The molecule has 1 aromatic carbocycles. The standard InChI is InChI=1S/C28H32N6O4/c29-26(36)25(35)22(17-19-7-2-1-3-8-19)31-28(37)21-9-6-13-30-27(21)34-14-12-20(32-34)18-33-15-16-38-24-11-5-4-10-23(24)33/h1-3,6-9,12-14,22-24H,4-5,10-11,15-18H2,(H2,29,36)(H,31,37). The maximum Gasteiger partial charge on any atom is 0.287 e. The van der Waals surface area contributed by atoms with Gasteiger partial charge in [0.2, 0.25) is 5.78 Å². The van der Waals surface area contributed by atoms with Crippen LogP contribution >= 0.6 is 0 Å². The molecule has 3 atom stereocenters. The van der Waals surface area contributed by atoms with E-state index in [2.05, 4.69) is 15.2 Å². The van der Waals surface area contributed by atoms with Gasteiger partial charge in [0.25, 0.3) is 11.8 Å². The minimum Gasteiger partial charge on any atom is -0.375 e. The van der Waals surface area contributed by atoms with E-state index in [4.69, 9.17) is 15.6 Å². The number of amides is 2. The van der Waals surface area contributed by atoms with Crippen LogP contribution in [0.3, 0.4) is 0 Å². The molecule has 38 heavy (non-hydrogen) atoms. The number of nitrogens with zero attached hydrogens (tertiary/aromatic N) is 4. The molecule has 0 spiro atoms. The third-order valence-electron chi connectivity index (χ3n) is 7.25. The molecule has 3 heterocycles. The number of pyridine rings is 1. The van der Waals surface area contributed by atoms with E-state index in [0.717, 1.165) is 37.3 Å². The number of nitrogens with one attached hydrogen (secondary N) is 1. The van der Waals surface area contributed by atoms with Crippen molar-refractivity contribution in [2.75, 3.05) is 13.2 Å². The van der Waals surface area contributed by atoms with Gasteiger partial charge in [0, 0.05) is 37.9 Å². The van der Waals surface area contributed by atoms with Gasteiger partial charge in [-0.3, -0.25) is 19.3 Å². The van der Waals surface area contributed by atoms with Gasteiger partial charge < -0.3 is 15.8 Å². The average Bonchev–Trinajstić information content (AvgIpc) is 3.41. The summed E-state index contributed by atoms with van der Waals surface area (Å²) in [5.74, 6) is -2.17. The van der Waals surface area contributed by atoms with E-state index in [1.54, 1.807) is 29.2 Å². The highest BCUT2D eigenvalue weighted by Gasteiger charge is 2.34. The fourth-order valence-corrected chi connectivity index (χ4v) is 5.37. The van der Waals surface area contributed by atoms with E-state index in [1.807, 2.05) is 36.4 Å². The number of ether oxygens (including phenoxy) is 1. The normalized spacial score (nSPS) is 20.3. The second-order valence-electron chi connectivity index (χ2n) is 9.80. The summed E-state index contributed by atoms with van der Waals surface area (Å²) < 4.78 is 7.57. The van der Waals surface area contributed by atoms with Crippen molar-refractivity contribution in [2.45, 2.75) is 56.8 Å². The molecule has 3 N–H and O–H groups in total. The molecule has 10 nitrogen and oxygen atoms in total. The predicted molar refractivity (Wildman–Crippen MR) is 139 cm³/mol. The second-order valence-corrected chi connectivity index (χ2v) is 9.80. The van der Waals surface area contributed by atoms with Crippen LogP contribution in [0.25, 0.3) is 5.82 Å². The number of primary amides is 1. The SMILES string of the molecule is NC(=O)C(=O)C(Cc1ccccc1)NC(=O)c1cccnc1-n1ccc(CN2CCOC3CCCCC32)n1. The lowest BCUT2D eigenvalue weighted by Gasteiger charge is -2.43. The van der Waals surface area contributed by atoms with E-state index in [-0.39, 0.29) is 18.1 Å². The Morgan fingerprint density at radius 3 is 2.71 bits per heavy atom. The number of aromatic nitrogens is 3. The number of rotatable bonds is 9. The first-order valence-electron chi connectivity index (χ1n) is 13.0. The van der Waals surface area contributed by atoms with Crippen LogP contribution in [0, 0.1) is 0 Å². The van der Waals surface area contributed by atoms with E-state index in [9.17, 15) is 14.4 Å². The number of hydrogen-bond acceptors (Lipinski definition) is 7. The number of Topliss-reactive ketones (excluding diaryl/α,β-unsaturated/α-hetero) is 1. The van der Waals surface area contributed by atoms with E-state index in [0.29, 0.717) is 18.4 Å². The lowest BCUT2D eigenvalue weighted by Crippen LogP contribution is -2.52. The molecule has 10 heteroatoms. The number of hydrogen-bond donors (Lipinski definition) is 2. The van der Waals surface area contributed by atoms with Crippen molar-refractivity contribution in [3.05, 3.63) is 77.7 Å². The van der Waals surface area contributed by atoms with Crippen molar-refractivity contribution in [3.8, 4) is 5.82 Å². The van der Waals surface area contributed by atoms with Gasteiger partial charge in [-0.1, -0.05) is 43.2 Å². The molecule has 2 fully saturated rings. The monoisotopic (exact) mass is 516 g/mol. The van der Waals surface area contributed by atoms with Gasteiger partial charge in [-0.15, -0.1) is 0 Å². The Kier molecular flexibility index (Phi) is 7.90. The lowest BCUT2D eigenvalue weighted by molar-refractivity contribution is -0.137. The van der Waals surface area contributed by atoms with Gasteiger partial charge in [0.05, 0.1) is 24.0 Å². The van der Waals surface area contributed by atoms with Crippen molar-refractivity contribution in [2.24, 2.45) is 5.73 Å². The number of benzene rings is 1. The highest BCUT2D eigenvalue weighted by atomic mass is 16.5. The van der Waals surface area contributed by atoms with Crippen molar-refractivity contribution in [1.29, 1.82) is 0 Å². The smallest absolute Gasteiger partial charge is 0.287 e. The number of ketones is 1. The summed E-state index contributed by atoms with van der Waals surface area (Å²) in [6.07, 6.45) is 8.45. The third kappa shape index (κ3) is 5.81. The molecule has 1 aliphatic heterocycles. The van der Waals surface area contributed by atoms with Gasteiger partial charge in [0.15, 0.2) is 5.82 Å². The van der Waals surface area contributed by atoms with Crippen molar-refractivity contribution >= 4 is 17.6 Å². The molecule has 3 unspecified atom stereocenters. The quantitative estimate of drug-likeness (QED) is 0.415. The summed E-state index contributed by atoms with van der Waals surface area (Å²) in [5.41, 5.74) is 7.17. The fraction of sp³-hybridized carbons (Fsp3) is 0.393. The van der Waals surface area contributed by atoms with Gasteiger partial charge in [0.1, 0.15) is 6.04 Å². The molecular formula is C28H32N6O4. The predicted octanol–water partition coefficient (Wildman–Crippen LogP) is 1.81. The van der Waals surface area contributed by atoms with E-state index < -0.39 is 23.6 Å². The number of morpholine rings is 1. The van der Waals surface area contributed by atoms with Gasteiger partial charge in [-0.2, -0.15) is 5.10 Å². The molecule has 1 aliphatic carbocycles. The molecule has 1 saturated carbocycles. The Bertz CT molecular complexity index is 1290. The Morgan fingerprint density at radius 2 is 1.89 bits per heavy atom. The van der Waals surface area contributed by atoms with E-state index in [1.165, 1.54) is 12.8 Å². The largest absolute Gasteiger partial charge is 0.375 e. The maximum absolute atomic E-state index is 13.3. The average molecular weight is 517 g/mol. The first kappa shape index (κ1) is 25.7. The number of carbonyl (C=O) groups excluding carboxylic acids is 3. The molecule has 198 valence electrons. The Hall–Kier alpha value is -3.89. The highest BCUT2D eigenvalue weighted by molar-refractivity contribution is 6.38. The number of fused-ring (bicyclic) bond motifs is 1. The fourth-order valence-electron chi connectivity index (χ4n) is 5.37. The van der Waals surface area contributed by atoms with Crippen LogP contribution in [-0.2, 0) is 27.3 Å². The molecule has 3 aromatic rings. The number of carbonyl (C=O) groups is 3. The topological polar surface area (TPSA) is 132 Å². The van der Waals surface area contributed by atoms with E-state index >= 15 is 0 Å². The second kappa shape index (κ2) is 11.7. The first-order chi connectivity index (χ1) is 18.5. The Morgan fingerprint density at radius 1 is 1.08 bits per heavy atom. The van der Waals surface area contributed by atoms with Crippen LogP contribution in [0.15, 0.2) is 60.9 Å². The van der Waals surface area contributed by atoms with Gasteiger partial charge in [-0.25, -0.2) is 9.67 Å². The van der Waals surface area contributed by atoms with Crippen molar-refractivity contribution in [1.82, 2.24) is 25.0 Å². The van der Waals surface area contributed by atoms with Crippen molar-refractivity contribution in [3.63, 3.8) is 0 Å². The molecule has 2 aliphatic rings. The molecule has 0 bridgehead atoms. The molecule has 2 aromatic heterocycles. The third-order valence-corrected chi connectivity index (χ3v) is 7.25. The van der Waals surface area contributed by atoms with Gasteiger partial charge >= 0.3 is 0 Å². The zero-order chi connectivity index (χ0) is 26.5. The molecule has 2 amide bonds.